The molecule has 1 amide bonds. The first kappa shape index (κ1) is 23.5. The zero-order valence-electron chi connectivity index (χ0n) is 19.5. The fraction of sp³-hybridized carbons (Fsp3) is 0.185. The molecule has 0 fully saturated rings. The van der Waals surface area contributed by atoms with Crippen LogP contribution in [0.2, 0.25) is 0 Å². The average molecular weight is 502 g/mol. The first-order valence-corrected chi connectivity index (χ1v) is 12.3. The molecule has 2 aromatic carbocycles. The summed E-state index contributed by atoms with van der Waals surface area (Å²) in [7, 11) is 0. The Morgan fingerprint density at radius 2 is 1.89 bits per heavy atom. The number of ether oxygens (including phenoxy) is 3. The van der Waals surface area contributed by atoms with Crippen LogP contribution in [0.3, 0.4) is 0 Å². The van der Waals surface area contributed by atoms with Crippen molar-refractivity contribution in [1.82, 2.24) is 9.97 Å². The highest BCUT2D eigenvalue weighted by molar-refractivity contribution is 7.13. The highest BCUT2D eigenvalue weighted by Gasteiger charge is 2.33. The second kappa shape index (κ2) is 10.6. The first-order chi connectivity index (χ1) is 17.6. The minimum absolute atomic E-state index is 0.0732. The number of para-hydroxylation sites is 1. The van der Waals surface area contributed by atoms with Gasteiger partial charge in [0.2, 0.25) is 0 Å². The molecule has 1 aliphatic rings. The molecule has 9 heteroatoms. The van der Waals surface area contributed by atoms with Gasteiger partial charge in [0.1, 0.15) is 36.3 Å². The zero-order valence-corrected chi connectivity index (χ0v) is 20.3. The van der Waals surface area contributed by atoms with Crippen LogP contribution in [0.25, 0.3) is 22.0 Å². The molecule has 1 aliphatic heterocycles. The molecule has 1 unspecified atom stereocenters. The standard InChI is InChI=1S/C27H23N3O5S/c1-18-27(32)30(16-25(31)34-14-13-33-20-7-3-2-4-8-20)23-15-19(10-11-24(23)35-18)22-17-36-26(29-22)21-9-5-6-12-28-21/h2-12,15,17-18H,13-14,16H2,1H3. The minimum atomic E-state index is -0.715. The van der Waals surface area contributed by atoms with Crippen molar-refractivity contribution in [1.29, 1.82) is 0 Å². The Morgan fingerprint density at radius 1 is 1.06 bits per heavy atom. The van der Waals surface area contributed by atoms with Crippen molar-refractivity contribution < 1.29 is 23.8 Å². The second-order valence-corrected chi connectivity index (χ2v) is 8.86. The van der Waals surface area contributed by atoms with Gasteiger partial charge in [0.15, 0.2) is 6.10 Å². The molecule has 0 spiro atoms. The number of fused-ring (bicyclic) bond motifs is 1. The molecular weight excluding hydrogens is 478 g/mol. The summed E-state index contributed by atoms with van der Waals surface area (Å²) in [5.74, 6) is 0.368. The molecule has 1 atom stereocenters. The summed E-state index contributed by atoms with van der Waals surface area (Å²) in [6.45, 7) is 1.71. The largest absolute Gasteiger partial charge is 0.490 e. The van der Waals surface area contributed by atoms with E-state index in [2.05, 4.69) is 4.98 Å². The summed E-state index contributed by atoms with van der Waals surface area (Å²) >= 11 is 1.49. The SMILES string of the molecule is CC1Oc2ccc(-c3csc(-c4ccccn4)n3)cc2N(CC(=O)OCCOc2ccccc2)C1=O. The van der Waals surface area contributed by atoms with E-state index in [1.54, 1.807) is 19.2 Å². The highest BCUT2D eigenvalue weighted by atomic mass is 32.1. The van der Waals surface area contributed by atoms with Crippen LogP contribution in [0.5, 0.6) is 11.5 Å². The Hall–Kier alpha value is -4.24. The molecule has 36 heavy (non-hydrogen) atoms. The van der Waals surface area contributed by atoms with E-state index in [0.29, 0.717) is 17.2 Å². The van der Waals surface area contributed by atoms with Gasteiger partial charge in [0.25, 0.3) is 5.91 Å². The van der Waals surface area contributed by atoms with Gasteiger partial charge in [-0.3, -0.25) is 19.5 Å². The van der Waals surface area contributed by atoms with Crippen molar-refractivity contribution in [2.75, 3.05) is 24.7 Å². The summed E-state index contributed by atoms with van der Waals surface area (Å²) < 4.78 is 16.6. The lowest BCUT2D eigenvalue weighted by Crippen LogP contribution is -2.47. The Labute approximate surface area is 212 Å². The van der Waals surface area contributed by atoms with Gasteiger partial charge in [-0.25, -0.2) is 4.98 Å². The average Bonchev–Trinajstić information content (AvgIpc) is 3.41. The maximum Gasteiger partial charge on any atom is 0.326 e. The summed E-state index contributed by atoms with van der Waals surface area (Å²) in [6.07, 6.45) is 1.01. The molecule has 3 heterocycles. The Kier molecular flexibility index (Phi) is 6.90. The van der Waals surface area contributed by atoms with Gasteiger partial charge in [0, 0.05) is 17.1 Å². The van der Waals surface area contributed by atoms with E-state index < -0.39 is 12.1 Å². The van der Waals surface area contributed by atoms with Crippen molar-refractivity contribution in [3.63, 3.8) is 0 Å². The highest BCUT2D eigenvalue weighted by Crippen LogP contribution is 2.38. The maximum absolute atomic E-state index is 12.9. The number of hydrogen-bond donors (Lipinski definition) is 0. The first-order valence-electron chi connectivity index (χ1n) is 11.4. The van der Waals surface area contributed by atoms with Gasteiger partial charge in [0.05, 0.1) is 17.1 Å². The van der Waals surface area contributed by atoms with Gasteiger partial charge in [-0.1, -0.05) is 24.3 Å². The van der Waals surface area contributed by atoms with E-state index in [-0.39, 0.29) is 25.7 Å². The fourth-order valence-electron chi connectivity index (χ4n) is 3.75. The number of esters is 1. The van der Waals surface area contributed by atoms with Crippen LogP contribution < -0.4 is 14.4 Å². The summed E-state index contributed by atoms with van der Waals surface area (Å²) in [5, 5.41) is 2.73. The number of nitrogens with zero attached hydrogens (tertiary/aromatic N) is 3. The smallest absolute Gasteiger partial charge is 0.326 e. The topological polar surface area (TPSA) is 90.9 Å². The number of rotatable bonds is 8. The molecule has 2 aromatic heterocycles. The number of carbonyl (C=O) groups excluding carboxylic acids is 2. The van der Waals surface area contributed by atoms with E-state index in [9.17, 15) is 9.59 Å². The van der Waals surface area contributed by atoms with Crippen molar-refractivity contribution in [3.8, 4) is 33.5 Å². The molecule has 0 saturated carbocycles. The molecule has 0 N–H and O–H groups in total. The number of aromatic nitrogens is 2. The van der Waals surface area contributed by atoms with Gasteiger partial charge in [-0.15, -0.1) is 11.3 Å². The molecule has 5 rings (SSSR count). The van der Waals surface area contributed by atoms with E-state index >= 15 is 0 Å². The predicted molar refractivity (Wildman–Crippen MR) is 136 cm³/mol. The van der Waals surface area contributed by atoms with Gasteiger partial charge in [-0.05, 0) is 49.4 Å². The zero-order chi connectivity index (χ0) is 24.9. The normalized spacial score (nSPS) is 14.6. The van der Waals surface area contributed by atoms with E-state index in [4.69, 9.17) is 19.2 Å². The van der Waals surface area contributed by atoms with Crippen LogP contribution in [0.15, 0.2) is 78.3 Å². The summed E-state index contributed by atoms with van der Waals surface area (Å²) in [6, 6.07) is 20.4. The maximum atomic E-state index is 12.9. The number of anilines is 1. The lowest BCUT2D eigenvalue weighted by Gasteiger charge is -2.32. The molecule has 0 saturated heterocycles. The van der Waals surface area contributed by atoms with Crippen LogP contribution in [-0.4, -0.2) is 47.7 Å². The van der Waals surface area contributed by atoms with Crippen LogP contribution in [0.1, 0.15) is 6.92 Å². The van der Waals surface area contributed by atoms with Crippen molar-refractivity contribution in [2.45, 2.75) is 13.0 Å². The van der Waals surface area contributed by atoms with E-state index in [1.165, 1.54) is 16.2 Å². The fourth-order valence-corrected chi connectivity index (χ4v) is 4.55. The van der Waals surface area contributed by atoms with E-state index in [1.807, 2.05) is 66.0 Å². The molecule has 8 nitrogen and oxygen atoms in total. The lowest BCUT2D eigenvalue weighted by molar-refractivity contribution is -0.144. The van der Waals surface area contributed by atoms with Crippen molar-refractivity contribution in [3.05, 3.63) is 78.3 Å². The Morgan fingerprint density at radius 3 is 2.69 bits per heavy atom. The summed E-state index contributed by atoms with van der Waals surface area (Å²) in [4.78, 5) is 35.9. The lowest BCUT2D eigenvalue weighted by atomic mass is 10.1. The molecule has 182 valence electrons. The third-order valence-electron chi connectivity index (χ3n) is 5.50. The van der Waals surface area contributed by atoms with Gasteiger partial charge >= 0.3 is 5.97 Å². The number of pyridine rings is 1. The predicted octanol–water partition coefficient (Wildman–Crippen LogP) is 4.61. The van der Waals surface area contributed by atoms with Gasteiger partial charge < -0.3 is 14.2 Å². The number of thiazole rings is 1. The van der Waals surface area contributed by atoms with Crippen LogP contribution in [-0.2, 0) is 14.3 Å². The number of amides is 1. The quantitative estimate of drug-likeness (QED) is 0.257. The van der Waals surface area contributed by atoms with Crippen LogP contribution in [0, 0.1) is 0 Å². The number of carbonyl (C=O) groups is 2. The van der Waals surface area contributed by atoms with Crippen molar-refractivity contribution in [2.24, 2.45) is 0 Å². The van der Waals surface area contributed by atoms with Crippen LogP contribution >= 0.6 is 11.3 Å². The van der Waals surface area contributed by atoms with E-state index in [0.717, 1.165) is 22.0 Å². The summed E-state index contributed by atoms with van der Waals surface area (Å²) in [5.41, 5.74) is 2.84. The molecule has 0 bridgehead atoms. The molecular formula is C27H23N3O5S. The molecule has 0 aliphatic carbocycles. The van der Waals surface area contributed by atoms with Crippen LogP contribution in [0.4, 0.5) is 5.69 Å². The number of hydrogen-bond acceptors (Lipinski definition) is 8. The molecule has 0 radical (unpaired) electrons. The number of benzene rings is 2. The minimum Gasteiger partial charge on any atom is -0.490 e. The third-order valence-corrected chi connectivity index (χ3v) is 6.36. The Bertz CT molecular complexity index is 1360. The third kappa shape index (κ3) is 5.21. The second-order valence-electron chi connectivity index (χ2n) is 8.00. The van der Waals surface area contributed by atoms with Gasteiger partial charge in [-0.2, -0.15) is 0 Å². The Balaban J connectivity index is 1.29. The molecule has 4 aromatic rings. The van der Waals surface area contributed by atoms with Crippen molar-refractivity contribution >= 4 is 28.9 Å². The monoisotopic (exact) mass is 501 g/mol.